The second-order valence-electron chi connectivity index (χ2n) is 3.17. The van der Waals surface area contributed by atoms with Crippen LogP contribution in [0.4, 0.5) is 0 Å². The first kappa shape index (κ1) is 13.3. The Kier molecular flexibility index (Phi) is 4.74. The molecule has 0 radical (unpaired) electrons. The molecule has 0 aliphatic heterocycles. The number of thiophene rings is 1. The third kappa shape index (κ3) is 3.02. The minimum atomic E-state index is 0.189. The number of hydrogen-bond donors (Lipinski definition) is 0. The normalized spacial score (nSPS) is 12.8. The van der Waals surface area contributed by atoms with Crippen LogP contribution in [0.15, 0.2) is 34.8 Å². The topological polar surface area (TPSA) is 0 Å². The largest absolute Gasteiger partial charge is 0.127 e. The highest BCUT2D eigenvalue weighted by Gasteiger charge is 2.15. The van der Waals surface area contributed by atoms with E-state index in [1.807, 2.05) is 6.07 Å². The van der Waals surface area contributed by atoms with Gasteiger partial charge in [0.1, 0.15) is 0 Å². The molecule has 0 amide bonds. The molecule has 0 spiro atoms. The molecule has 1 heterocycles. The van der Waals surface area contributed by atoms with Gasteiger partial charge in [0, 0.05) is 12.9 Å². The van der Waals surface area contributed by atoms with Crippen LogP contribution in [-0.2, 0) is 0 Å². The number of hydrogen-bond acceptors (Lipinski definition) is 1. The van der Waals surface area contributed by atoms with Crippen LogP contribution in [0.3, 0.4) is 0 Å². The fourth-order valence-corrected chi connectivity index (χ4v) is 4.49. The maximum Gasteiger partial charge on any atom is 0.0931 e. The Balaban J connectivity index is 2.40. The molecule has 0 saturated heterocycles. The predicted molar refractivity (Wildman–Crippen MR) is 87.0 cm³/mol. The van der Waals surface area contributed by atoms with Crippen LogP contribution in [0.5, 0.6) is 0 Å². The highest BCUT2D eigenvalue weighted by molar-refractivity contribution is 14.1. The van der Waals surface area contributed by atoms with E-state index in [1.165, 1.54) is 14.0 Å². The molecule has 5 heteroatoms. The molecule has 1 unspecified atom stereocenters. The average Bonchev–Trinajstić information content (AvgIpc) is 2.67. The summed E-state index contributed by atoms with van der Waals surface area (Å²) in [7, 11) is 0. The van der Waals surface area contributed by atoms with E-state index in [4.69, 9.17) is 11.6 Å². The molecule has 84 valence electrons. The van der Waals surface area contributed by atoms with Crippen molar-refractivity contribution in [1.29, 1.82) is 0 Å². The first-order valence-electron chi connectivity index (χ1n) is 4.42. The van der Waals surface area contributed by atoms with Crippen LogP contribution >= 0.6 is 77.4 Å². The summed E-state index contributed by atoms with van der Waals surface area (Å²) in [6, 6.07) is 10.3. The van der Waals surface area contributed by atoms with Gasteiger partial charge in [-0.15, -0.1) is 11.3 Å². The van der Waals surface area contributed by atoms with Crippen molar-refractivity contribution in [3.63, 3.8) is 0 Å². The smallest absolute Gasteiger partial charge is 0.0931 e. The average molecular weight is 492 g/mol. The zero-order valence-corrected chi connectivity index (χ0v) is 14.8. The van der Waals surface area contributed by atoms with Crippen LogP contribution in [0.1, 0.15) is 15.3 Å². The van der Waals surface area contributed by atoms with E-state index in [0.717, 1.165) is 8.81 Å². The number of halogens is 4. The predicted octanol–water partition coefficient (Wildman–Crippen LogP) is 6.25. The molecular formula is C11H6Br2ClIS. The summed E-state index contributed by atoms with van der Waals surface area (Å²) in [5.74, 6) is 0. The lowest BCUT2D eigenvalue weighted by molar-refractivity contribution is 1.20. The lowest BCUT2D eigenvalue weighted by Crippen LogP contribution is -1.91. The maximum atomic E-state index is 5.95. The quantitative estimate of drug-likeness (QED) is 0.343. The summed E-state index contributed by atoms with van der Waals surface area (Å²) < 4.78 is 3.16. The molecule has 0 N–H and O–H groups in total. The molecule has 16 heavy (non-hydrogen) atoms. The Bertz CT molecular complexity index is 512. The van der Waals surface area contributed by atoms with Gasteiger partial charge in [-0.05, 0) is 58.5 Å². The van der Waals surface area contributed by atoms with Gasteiger partial charge in [0.15, 0.2) is 0 Å². The molecule has 0 bridgehead atoms. The van der Waals surface area contributed by atoms with Gasteiger partial charge in [-0.3, -0.25) is 0 Å². The fourth-order valence-electron chi connectivity index (χ4n) is 1.33. The molecule has 0 saturated carbocycles. The van der Waals surface area contributed by atoms with Gasteiger partial charge in [0.2, 0.25) is 0 Å². The van der Waals surface area contributed by atoms with Crippen LogP contribution in [0, 0.1) is 3.57 Å². The van der Waals surface area contributed by atoms with Gasteiger partial charge in [0.05, 0.1) is 9.16 Å². The Labute approximate surface area is 134 Å². The molecule has 1 atom stereocenters. The van der Waals surface area contributed by atoms with Crippen molar-refractivity contribution in [2.24, 2.45) is 0 Å². The van der Waals surface area contributed by atoms with Gasteiger partial charge < -0.3 is 0 Å². The summed E-state index contributed by atoms with van der Waals surface area (Å²) in [6.07, 6.45) is 0. The Morgan fingerprint density at radius 3 is 2.62 bits per heavy atom. The summed E-state index contributed by atoms with van der Waals surface area (Å²) in [5.41, 5.74) is 1.23. The first-order valence-corrected chi connectivity index (χ1v) is 8.40. The number of benzene rings is 1. The van der Waals surface area contributed by atoms with E-state index in [2.05, 4.69) is 78.7 Å². The van der Waals surface area contributed by atoms with Gasteiger partial charge in [-0.2, -0.15) is 0 Å². The van der Waals surface area contributed by atoms with Crippen molar-refractivity contribution in [3.05, 3.63) is 53.2 Å². The third-order valence-corrected chi connectivity index (χ3v) is 6.05. The lowest BCUT2D eigenvalue weighted by atomic mass is 10.1. The van der Waals surface area contributed by atoms with Gasteiger partial charge in [0.25, 0.3) is 0 Å². The van der Waals surface area contributed by atoms with Gasteiger partial charge >= 0.3 is 0 Å². The van der Waals surface area contributed by atoms with E-state index >= 15 is 0 Å². The van der Waals surface area contributed by atoms with E-state index < -0.39 is 0 Å². The summed E-state index contributed by atoms with van der Waals surface area (Å²) in [4.78, 5) is 1.40. The fraction of sp³-hybridized carbons (Fsp3) is 0.0909. The van der Waals surface area contributed by atoms with Crippen molar-refractivity contribution in [2.75, 3.05) is 0 Å². The van der Waals surface area contributed by atoms with E-state index in [1.54, 1.807) is 11.3 Å². The molecule has 0 aliphatic carbocycles. The summed E-state index contributed by atoms with van der Waals surface area (Å²) in [5, 5.41) is 0. The molecule has 0 aliphatic rings. The SMILES string of the molecule is Clc1ccc(C(Br)c2cc(I)ccc2Br)s1. The minimum Gasteiger partial charge on any atom is -0.127 e. The molecule has 1 aromatic heterocycles. The highest BCUT2D eigenvalue weighted by Crippen LogP contribution is 2.40. The molecular weight excluding hydrogens is 486 g/mol. The molecule has 2 aromatic rings. The summed E-state index contributed by atoms with van der Waals surface area (Å²) in [6.45, 7) is 0. The van der Waals surface area contributed by atoms with Crippen molar-refractivity contribution >= 4 is 77.4 Å². The zero-order valence-electron chi connectivity index (χ0n) is 7.88. The van der Waals surface area contributed by atoms with Crippen LogP contribution < -0.4 is 0 Å². The molecule has 2 rings (SSSR count). The number of rotatable bonds is 2. The Hall–Kier alpha value is 0.900. The Morgan fingerprint density at radius 1 is 1.25 bits per heavy atom. The summed E-state index contributed by atoms with van der Waals surface area (Å²) >= 11 is 17.1. The van der Waals surface area contributed by atoms with Gasteiger partial charge in [-0.1, -0.05) is 43.5 Å². The van der Waals surface area contributed by atoms with E-state index in [9.17, 15) is 0 Å². The van der Waals surface area contributed by atoms with E-state index in [0.29, 0.717) is 0 Å². The second-order valence-corrected chi connectivity index (χ2v) is 7.93. The second kappa shape index (κ2) is 5.69. The third-order valence-electron chi connectivity index (χ3n) is 2.07. The molecule has 0 fully saturated rings. The van der Waals surface area contributed by atoms with Gasteiger partial charge in [-0.25, -0.2) is 0 Å². The van der Waals surface area contributed by atoms with Crippen LogP contribution in [0.25, 0.3) is 0 Å². The zero-order chi connectivity index (χ0) is 11.7. The highest BCUT2D eigenvalue weighted by atomic mass is 127. The molecule has 1 aromatic carbocycles. The standard InChI is InChI=1S/C11H6Br2ClIS/c12-8-2-1-6(15)5-7(8)11(13)9-3-4-10(14)16-9/h1-5,11H. The Morgan fingerprint density at radius 2 is 2.00 bits per heavy atom. The van der Waals surface area contributed by atoms with Crippen molar-refractivity contribution < 1.29 is 0 Å². The monoisotopic (exact) mass is 490 g/mol. The van der Waals surface area contributed by atoms with Crippen molar-refractivity contribution in [1.82, 2.24) is 0 Å². The molecule has 0 nitrogen and oxygen atoms in total. The minimum absolute atomic E-state index is 0.189. The number of alkyl halides is 1. The van der Waals surface area contributed by atoms with Crippen molar-refractivity contribution in [2.45, 2.75) is 4.83 Å². The first-order chi connectivity index (χ1) is 7.58. The lowest BCUT2D eigenvalue weighted by Gasteiger charge is -2.10. The van der Waals surface area contributed by atoms with Crippen molar-refractivity contribution in [3.8, 4) is 0 Å². The van der Waals surface area contributed by atoms with E-state index in [-0.39, 0.29) is 4.83 Å². The van der Waals surface area contributed by atoms with Crippen LogP contribution in [0.2, 0.25) is 4.34 Å². The maximum absolute atomic E-state index is 5.95. The van der Waals surface area contributed by atoms with Crippen LogP contribution in [-0.4, -0.2) is 0 Å².